The number of rotatable bonds is 4. The number of aliphatic hydroxyl groups is 1. The number of hydrogen-bond donors (Lipinski definition) is 1. The van der Waals surface area contributed by atoms with Crippen LogP contribution in [0.15, 0.2) is 24.3 Å². The van der Waals surface area contributed by atoms with Crippen LogP contribution in [0.2, 0.25) is 0 Å². The molecule has 0 aliphatic rings. The summed E-state index contributed by atoms with van der Waals surface area (Å²) < 4.78 is 5.26. The zero-order valence-corrected chi connectivity index (χ0v) is 9.82. The number of nitrogens with zero attached hydrogens (tertiary/aromatic N) is 1. The molecule has 15 heavy (non-hydrogen) atoms. The molecule has 0 amide bonds. The number of ether oxygens (including phenoxy) is 1. The van der Waals surface area contributed by atoms with Gasteiger partial charge in [0.15, 0.2) is 0 Å². The van der Waals surface area contributed by atoms with Gasteiger partial charge in [0.05, 0.1) is 18.4 Å². The minimum absolute atomic E-state index is 0.563. The minimum atomic E-state index is -0.713. The fraction of sp³-hybridized carbons (Fsp3) is 0.500. The van der Waals surface area contributed by atoms with Gasteiger partial charge in [-0.15, -0.1) is 0 Å². The van der Waals surface area contributed by atoms with E-state index in [0.717, 1.165) is 11.4 Å². The molecule has 3 nitrogen and oxygen atoms in total. The van der Waals surface area contributed by atoms with Crippen LogP contribution in [0.5, 0.6) is 5.75 Å². The predicted octanol–water partition coefficient (Wildman–Crippen LogP) is 1.90. The standard InChI is InChI=1S/C12H19NO2/c1-12(2,14)9-13(3)10-7-5-6-8-11(10)15-4/h5-8,14H,9H2,1-4H3. The first kappa shape index (κ1) is 11.9. The van der Waals surface area contributed by atoms with Crippen molar-refractivity contribution in [1.82, 2.24) is 0 Å². The van der Waals surface area contributed by atoms with Crippen molar-refractivity contribution in [1.29, 1.82) is 0 Å². The Balaban J connectivity index is 2.86. The fourth-order valence-corrected chi connectivity index (χ4v) is 1.61. The number of likely N-dealkylation sites (N-methyl/N-ethyl adjacent to an activating group) is 1. The van der Waals surface area contributed by atoms with Gasteiger partial charge in [-0.2, -0.15) is 0 Å². The lowest BCUT2D eigenvalue weighted by atomic mass is 10.1. The quantitative estimate of drug-likeness (QED) is 0.822. The molecule has 3 heteroatoms. The van der Waals surface area contributed by atoms with E-state index in [4.69, 9.17) is 4.74 Å². The molecule has 0 aliphatic carbocycles. The van der Waals surface area contributed by atoms with Crippen LogP contribution >= 0.6 is 0 Å². The number of methoxy groups -OCH3 is 1. The Labute approximate surface area is 91.3 Å². The summed E-state index contributed by atoms with van der Waals surface area (Å²) in [4.78, 5) is 1.98. The summed E-state index contributed by atoms with van der Waals surface area (Å²) in [7, 11) is 3.59. The van der Waals surface area contributed by atoms with Crippen molar-refractivity contribution in [3.8, 4) is 5.75 Å². The zero-order valence-electron chi connectivity index (χ0n) is 9.82. The summed E-state index contributed by atoms with van der Waals surface area (Å²) in [6.45, 7) is 4.14. The summed E-state index contributed by atoms with van der Waals surface area (Å²) in [6, 6.07) is 7.78. The van der Waals surface area contributed by atoms with E-state index in [1.54, 1.807) is 21.0 Å². The third-order valence-electron chi connectivity index (χ3n) is 2.12. The second-order valence-electron chi connectivity index (χ2n) is 4.34. The van der Waals surface area contributed by atoms with Crippen LogP contribution in [0.1, 0.15) is 13.8 Å². The molecule has 0 spiro atoms. The average Bonchev–Trinajstić information content (AvgIpc) is 2.15. The Morgan fingerprint density at radius 1 is 1.33 bits per heavy atom. The monoisotopic (exact) mass is 209 g/mol. The van der Waals surface area contributed by atoms with Crippen LogP contribution in [0, 0.1) is 0 Å². The Morgan fingerprint density at radius 3 is 2.47 bits per heavy atom. The minimum Gasteiger partial charge on any atom is -0.495 e. The van der Waals surface area contributed by atoms with E-state index in [-0.39, 0.29) is 0 Å². The molecule has 0 saturated heterocycles. The maximum absolute atomic E-state index is 9.73. The molecule has 0 aliphatic heterocycles. The second kappa shape index (κ2) is 4.53. The molecule has 0 saturated carbocycles. The number of benzene rings is 1. The molecule has 0 bridgehead atoms. The van der Waals surface area contributed by atoms with Gasteiger partial charge in [0.1, 0.15) is 5.75 Å². The Kier molecular flexibility index (Phi) is 3.58. The second-order valence-corrected chi connectivity index (χ2v) is 4.34. The Bertz CT molecular complexity index is 318. The summed E-state index contributed by atoms with van der Waals surface area (Å²) in [5.74, 6) is 0.823. The third kappa shape index (κ3) is 3.44. The van der Waals surface area contributed by atoms with E-state index in [2.05, 4.69) is 0 Å². The van der Waals surface area contributed by atoms with Gasteiger partial charge < -0.3 is 14.7 Å². The first-order valence-corrected chi connectivity index (χ1v) is 5.00. The molecular formula is C12H19NO2. The van der Waals surface area contributed by atoms with Crippen molar-refractivity contribution in [2.75, 3.05) is 25.6 Å². The van der Waals surface area contributed by atoms with Gasteiger partial charge in [-0.3, -0.25) is 0 Å². The van der Waals surface area contributed by atoms with E-state index < -0.39 is 5.60 Å². The van der Waals surface area contributed by atoms with Crippen molar-refractivity contribution < 1.29 is 9.84 Å². The van der Waals surface area contributed by atoms with Crippen LogP contribution in [0.3, 0.4) is 0 Å². The summed E-state index contributed by atoms with van der Waals surface area (Å²) >= 11 is 0. The average molecular weight is 209 g/mol. The van der Waals surface area contributed by atoms with Gasteiger partial charge >= 0.3 is 0 Å². The molecule has 0 radical (unpaired) electrons. The molecule has 1 N–H and O–H groups in total. The first-order chi connectivity index (χ1) is 6.94. The molecule has 1 aromatic rings. The van der Waals surface area contributed by atoms with Gasteiger partial charge in [-0.05, 0) is 26.0 Å². The Hall–Kier alpha value is -1.22. The number of para-hydroxylation sites is 2. The summed E-state index contributed by atoms with van der Waals surface area (Å²) in [6.07, 6.45) is 0. The maximum Gasteiger partial charge on any atom is 0.142 e. The van der Waals surface area contributed by atoms with Crippen LogP contribution in [-0.4, -0.2) is 31.4 Å². The highest BCUT2D eigenvalue weighted by atomic mass is 16.5. The zero-order chi connectivity index (χ0) is 11.5. The molecule has 84 valence electrons. The maximum atomic E-state index is 9.73. The molecule has 1 rings (SSSR count). The van der Waals surface area contributed by atoms with Crippen LogP contribution in [0.4, 0.5) is 5.69 Å². The Morgan fingerprint density at radius 2 is 1.93 bits per heavy atom. The van der Waals surface area contributed by atoms with E-state index in [1.165, 1.54) is 0 Å². The normalized spacial score (nSPS) is 11.3. The van der Waals surface area contributed by atoms with E-state index in [1.807, 2.05) is 36.2 Å². The van der Waals surface area contributed by atoms with Gasteiger partial charge in [-0.25, -0.2) is 0 Å². The fourth-order valence-electron chi connectivity index (χ4n) is 1.61. The highest BCUT2D eigenvalue weighted by Gasteiger charge is 2.17. The van der Waals surface area contributed by atoms with Crippen LogP contribution in [-0.2, 0) is 0 Å². The topological polar surface area (TPSA) is 32.7 Å². The van der Waals surface area contributed by atoms with Crippen molar-refractivity contribution in [3.05, 3.63) is 24.3 Å². The molecule has 0 unspecified atom stereocenters. The number of hydrogen-bond acceptors (Lipinski definition) is 3. The van der Waals surface area contributed by atoms with Crippen LogP contribution in [0.25, 0.3) is 0 Å². The van der Waals surface area contributed by atoms with Crippen molar-refractivity contribution in [2.24, 2.45) is 0 Å². The first-order valence-electron chi connectivity index (χ1n) is 5.00. The molecular weight excluding hydrogens is 190 g/mol. The summed E-state index contributed by atoms with van der Waals surface area (Å²) in [5, 5.41) is 9.73. The lowest BCUT2D eigenvalue weighted by Crippen LogP contribution is -2.36. The molecule has 0 aromatic heterocycles. The molecule has 1 aromatic carbocycles. The van der Waals surface area contributed by atoms with Gasteiger partial charge in [0, 0.05) is 13.6 Å². The smallest absolute Gasteiger partial charge is 0.142 e. The third-order valence-corrected chi connectivity index (χ3v) is 2.12. The largest absolute Gasteiger partial charge is 0.495 e. The SMILES string of the molecule is COc1ccccc1N(C)CC(C)(C)O. The highest BCUT2D eigenvalue weighted by molar-refractivity contribution is 5.58. The summed E-state index contributed by atoms with van der Waals surface area (Å²) in [5.41, 5.74) is 0.275. The van der Waals surface area contributed by atoms with Crippen molar-refractivity contribution in [2.45, 2.75) is 19.4 Å². The molecule has 0 atom stereocenters. The lowest BCUT2D eigenvalue weighted by Gasteiger charge is -2.28. The van der Waals surface area contributed by atoms with Gasteiger partial charge in [-0.1, -0.05) is 12.1 Å². The van der Waals surface area contributed by atoms with Crippen molar-refractivity contribution in [3.63, 3.8) is 0 Å². The van der Waals surface area contributed by atoms with E-state index >= 15 is 0 Å². The lowest BCUT2D eigenvalue weighted by molar-refractivity contribution is 0.0885. The molecule has 0 heterocycles. The number of anilines is 1. The molecule has 0 fully saturated rings. The predicted molar refractivity (Wildman–Crippen MR) is 62.6 cm³/mol. The van der Waals surface area contributed by atoms with E-state index in [9.17, 15) is 5.11 Å². The van der Waals surface area contributed by atoms with Crippen molar-refractivity contribution >= 4 is 5.69 Å². The highest BCUT2D eigenvalue weighted by Crippen LogP contribution is 2.27. The van der Waals surface area contributed by atoms with E-state index in [0.29, 0.717) is 6.54 Å². The van der Waals surface area contributed by atoms with Gasteiger partial charge in [0.2, 0.25) is 0 Å². The van der Waals surface area contributed by atoms with Crippen LogP contribution < -0.4 is 9.64 Å². The van der Waals surface area contributed by atoms with Gasteiger partial charge in [0.25, 0.3) is 0 Å².